The van der Waals surface area contributed by atoms with Crippen molar-refractivity contribution in [3.63, 3.8) is 0 Å². The second kappa shape index (κ2) is 9.05. The summed E-state index contributed by atoms with van der Waals surface area (Å²) in [6.07, 6.45) is 0.226. The molecule has 0 heterocycles. The molecule has 7 heteroatoms. The highest BCUT2D eigenvalue weighted by atomic mass is 32.2. The lowest BCUT2D eigenvalue weighted by Gasteiger charge is -2.07. The van der Waals surface area contributed by atoms with Gasteiger partial charge in [0.05, 0.1) is 36.5 Å². The van der Waals surface area contributed by atoms with E-state index in [-0.39, 0.29) is 18.8 Å². The van der Waals surface area contributed by atoms with Crippen LogP contribution in [0.25, 0.3) is 0 Å². The van der Waals surface area contributed by atoms with Gasteiger partial charge in [-0.25, -0.2) is 8.42 Å². The van der Waals surface area contributed by atoms with Gasteiger partial charge in [-0.05, 0) is 6.42 Å². The zero-order valence-electron chi connectivity index (χ0n) is 8.81. The van der Waals surface area contributed by atoms with Crippen molar-refractivity contribution in [3.8, 4) is 0 Å². The lowest BCUT2D eigenvalue weighted by atomic mass is 10.5. The number of methoxy groups -OCH3 is 1. The minimum absolute atomic E-state index is 0.226. The van der Waals surface area contributed by atoms with Gasteiger partial charge in [-0.15, -0.1) is 0 Å². The predicted molar refractivity (Wildman–Crippen MR) is 52.7 cm³/mol. The molecule has 0 fully saturated rings. The minimum atomic E-state index is -4.11. The summed E-state index contributed by atoms with van der Waals surface area (Å²) in [7, 11) is -2.52. The molecule has 15 heavy (non-hydrogen) atoms. The third kappa shape index (κ3) is 13.8. The molecule has 0 atom stereocenters. The Labute approximate surface area is 90.3 Å². The van der Waals surface area contributed by atoms with Crippen molar-refractivity contribution in [2.75, 3.05) is 45.9 Å². The lowest BCUT2D eigenvalue weighted by Crippen LogP contribution is -2.11. The molecule has 0 N–H and O–H groups in total. The molecular weight excluding hydrogens is 224 g/mol. The van der Waals surface area contributed by atoms with Gasteiger partial charge in [-0.2, -0.15) is 0 Å². The first-order chi connectivity index (χ1) is 7.06. The monoisotopic (exact) mass is 241 g/mol. The first-order valence-electron chi connectivity index (χ1n) is 4.64. The quantitative estimate of drug-likeness (QED) is 0.382. The first-order valence-corrected chi connectivity index (χ1v) is 6.22. The Hall–Kier alpha value is -0.210. The van der Waals surface area contributed by atoms with E-state index in [0.717, 1.165) is 0 Å². The summed E-state index contributed by atoms with van der Waals surface area (Å²) < 4.78 is 45.5. The van der Waals surface area contributed by atoms with E-state index in [0.29, 0.717) is 26.4 Å². The van der Waals surface area contributed by atoms with Gasteiger partial charge in [-0.1, -0.05) is 0 Å². The number of rotatable bonds is 10. The van der Waals surface area contributed by atoms with Crippen LogP contribution in [0.5, 0.6) is 0 Å². The first kappa shape index (κ1) is 14.8. The number of hydrogen-bond acceptors (Lipinski definition) is 6. The molecule has 0 rings (SSSR count). The fourth-order valence-corrected chi connectivity index (χ4v) is 1.27. The average molecular weight is 241 g/mol. The molecule has 0 saturated carbocycles. The van der Waals surface area contributed by atoms with Crippen LogP contribution in [0.3, 0.4) is 0 Å². The van der Waals surface area contributed by atoms with E-state index in [4.69, 9.17) is 14.2 Å². The Bertz CT molecular complexity index is 225. The van der Waals surface area contributed by atoms with Crippen molar-refractivity contribution >= 4 is 10.1 Å². The maximum absolute atomic E-state index is 10.2. The molecule has 0 amide bonds. The van der Waals surface area contributed by atoms with Crippen LogP contribution in [-0.2, 0) is 24.3 Å². The lowest BCUT2D eigenvalue weighted by molar-refractivity contribution is 0.0250. The van der Waals surface area contributed by atoms with Gasteiger partial charge in [0.15, 0.2) is 0 Å². The van der Waals surface area contributed by atoms with E-state index in [1.165, 1.54) is 0 Å². The molecule has 0 radical (unpaired) electrons. The average Bonchev–Trinajstić information content (AvgIpc) is 2.14. The van der Waals surface area contributed by atoms with Gasteiger partial charge in [0, 0.05) is 19.5 Å². The molecule has 0 aromatic carbocycles. The maximum Gasteiger partial charge on any atom is 0.0946 e. The Morgan fingerprint density at radius 3 is 2.07 bits per heavy atom. The van der Waals surface area contributed by atoms with Gasteiger partial charge in [-0.3, -0.25) is 0 Å². The zero-order chi connectivity index (χ0) is 11.6. The Morgan fingerprint density at radius 2 is 1.53 bits per heavy atom. The second-order valence-electron chi connectivity index (χ2n) is 2.83. The fraction of sp³-hybridized carbons (Fsp3) is 1.00. The molecule has 92 valence electrons. The Balaban J connectivity index is 3.06. The summed E-state index contributed by atoms with van der Waals surface area (Å²) in [6, 6.07) is 0. The van der Waals surface area contributed by atoms with Crippen molar-refractivity contribution in [3.05, 3.63) is 0 Å². The smallest absolute Gasteiger partial charge is 0.0946 e. The van der Waals surface area contributed by atoms with Crippen LogP contribution in [0, 0.1) is 0 Å². The molecule has 0 spiro atoms. The van der Waals surface area contributed by atoms with Crippen molar-refractivity contribution in [1.82, 2.24) is 0 Å². The molecule has 0 unspecified atom stereocenters. The van der Waals surface area contributed by atoms with Crippen LogP contribution in [0.2, 0.25) is 0 Å². The summed E-state index contributed by atoms with van der Waals surface area (Å²) in [4.78, 5) is 0. The fourth-order valence-electron chi connectivity index (χ4n) is 0.802. The number of hydrogen-bond donors (Lipinski definition) is 0. The maximum atomic E-state index is 10.2. The predicted octanol–water partition coefficient (Wildman–Crippen LogP) is -0.399. The normalized spacial score (nSPS) is 11.9. The number of ether oxygens (including phenoxy) is 3. The summed E-state index contributed by atoms with van der Waals surface area (Å²) in [5.74, 6) is -0.377. The molecule has 0 bridgehead atoms. The van der Waals surface area contributed by atoms with E-state index in [1.807, 2.05) is 0 Å². The molecule has 6 nitrogen and oxygen atoms in total. The minimum Gasteiger partial charge on any atom is -0.748 e. The van der Waals surface area contributed by atoms with Crippen molar-refractivity contribution in [2.24, 2.45) is 0 Å². The van der Waals surface area contributed by atoms with E-state index in [2.05, 4.69) is 0 Å². The van der Waals surface area contributed by atoms with Gasteiger partial charge < -0.3 is 18.8 Å². The topological polar surface area (TPSA) is 84.9 Å². The van der Waals surface area contributed by atoms with E-state index in [1.54, 1.807) is 7.11 Å². The van der Waals surface area contributed by atoms with Gasteiger partial charge in [0.1, 0.15) is 0 Å². The summed E-state index contributed by atoms with van der Waals surface area (Å²) in [6.45, 7) is 2.13. The molecule has 0 aliphatic carbocycles. The highest BCUT2D eigenvalue weighted by Gasteiger charge is 1.95. The standard InChI is InChI=1S/C8H18O6S/c1-12-4-5-14-7-6-13-3-2-8-15(9,10)11/h2-8H2,1H3,(H,9,10,11)/p-1. The largest absolute Gasteiger partial charge is 0.748 e. The van der Waals surface area contributed by atoms with Crippen LogP contribution in [0.1, 0.15) is 6.42 Å². The van der Waals surface area contributed by atoms with E-state index < -0.39 is 10.1 Å². The summed E-state index contributed by atoms with van der Waals surface area (Å²) in [5, 5.41) is 0. The third-order valence-electron chi connectivity index (χ3n) is 1.49. The van der Waals surface area contributed by atoms with E-state index in [9.17, 15) is 13.0 Å². The molecule has 0 aromatic rings. The van der Waals surface area contributed by atoms with Crippen LogP contribution >= 0.6 is 0 Å². The second-order valence-corrected chi connectivity index (χ2v) is 4.36. The van der Waals surface area contributed by atoms with Crippen molar-refractivity contribution in [2.45, 2.75) is 6.42 Å². The highest BCUT2D eigenvalue weighted by molar-refractivity contribution is 7.85. The Morgan fingerprint density at radius 1 is 1.00 bits per heavy atom. The summed E-state index contributed by atoms with van der Waals surface area (Å²) in [5.41, 5.74) is 0. The van der Waals surface area contributed by atoms with E-state index >= 15 is 0 Å². The SMILES string of the molecule is COCCOCCOCCCS(=O)(=O)[O-]. The van der Waals surface area contributed by atoms with Gasteiger partial charge in [0.25, 0.3) is 0 Å². The molecule has 0 aliphatic rings. The molecule has 0 aromatic heterocycles. The molecular formula is C8H17O6S-. The van der Waals surface area contributed by atoms with Crippen LogP contribution in [0.4, 0.5) is 0 Å². The van der Waals surface area contributed by atoms with Crippen molar-refractivity contribution < 1.29 is 27.2 Å². The van der Waals surface area contributed by atoms with Crippen molar-refractivity contribution in [1.29, 1.82) is 0 Å². The summed E-state index contributed by atoms with van der Waals surface area (Å²) >= 11 is 0. The van der Waals surface area contributed by atoms with Crippen LogP contribution in [0.15, 0.2) is 0 Å². The Kier molecular flexibility index (Phi) is 8.92. The third-order valence-corrected chi connectivity index (χ3v) is 2.28. The highest BCUT2D eigenvalue weighted by Crippen LogP contribution is 1.89. The molecule has 0 aliphatic heterocycles. The zero-order valence-corrected chi connectivity index (χ0v) is 9.62. The van der Waals surface area contributed by atoms with Gasteiger partial charge >= 0.3 is 0 Å². The van der Waals surface area contributed by atoms with Crippen LogP contribution < -0.4 is 0 Å². The van der Waals surface area contributed by atoms with Gasteiger partial charge in [0.2, 0.25) is 0 Å². The van der Waals surface area contributed by atoms with Crippen LogP contribution in [-0.4, -0.2) is 58.9 Å². The molecule has 0 saturated heterocycles.